The van der Waals surface area contributed by atoms with E-state index in [4.69, 9.17) is 10.8 Å². The number of thiophene rings is 1. The number of alkyl halides is 2. The van der Waals surface area contributed by atoms with E-state index in [0.29, 0.717) is 3.79 Å². The largest absolute Gasteiger partial charge is 0.477 e. The van der Waals surface area contributed by atoms with Gasteiger partial charge in [0.2, 0.25) is 0 Å². The van der Waals surface area contributed by atoms with Crippen molar-refractivity contribution in [1.29, 1.82) is 0 Å². The minimum Gasteiger partial charge on any atom is -0.477 e. The van der Waals surface area contributed by atoms with E-state index in [1.807, 2.05) is 0 Å². The molecule has 0 aromatic carbocycles. The molecule has 0 radical (unpaired) electrons. The van der Waals surface area contributed by atoms with Crippen LogP contribution >= 0.6 is 39.7 Å². The molecule has 0 bridgehead atoms. The molecule has 1 aliphatic rings. The van der Waals surface area contributed by atoms with Crippen LogP contribution in [0.4, 0.5) is 14.5 Å². The van der Waals surface area contributed by atoms with Crippen molar-refractivity contribution in [1.82, 2.24) is 0 Å². The number of hydrogen-bond acceptors (Lipinski definition) is 5. The molecule has 2 rings (SSSR count). The lowest BCUT2D eigenvalue weighted by molar-refractivity contribution is 0.00474. The Hall–Kier alpha value is -0.480. The van der Waals surface area contributed by atoms with Crippen LogP contribution in [-0.2, 0) is 6.42 Å². The van der Waals surface area contributed by atoms with Gasteiger partial charge in [0.1, 0.15) is 4.88 Å². The maximum atomic E-state index is 13.8. The number of aromatic carboxylic acids is 1. The number of fused-ring (bicyclic) bond motifs is 1. The molecule has 1 aliphatic heterocycles. The SMILES string of the molecule is Cl.N[C@H](CO)CN1CC(F)(F)Cc2c(Br)sc(C(=O)O)c21. The Balaban J connectivity index is 0.00000220. The second kappa shape index (κ2) is 6.74. The third kappa shape index (κ3) is 3.84. The van der Waals surface area contributed by atoms with Gasteiger partial charge >= 0.3 is 5.97 Å². The van der Waals surface area contributed by atoms with E-state index < -0.39 is 30.9 Å². The van der Waals surface area contributed by atoms with Crippen LogP contribution in [0.5, 0.6) is 0 Å². The van der Waals surface area contributed by atoms with Gasteiger partial charge in [0.15, 0.2) is 0 Å². The lowest BCUT2D eigenvalue weighted by Gasteiger charge is -2.36. The number of aliphatic hydroxyl groups excluding tert-OH is 1. The van der Waals surface area contributed by atoms with Gasteiger partial charge in [-0.25, -0.2) is 13.6 Å². The number of carboxylic acid groups (broad SMARTS) is 1. The van der Waals surface area contributed by atoms with Crippen molar-refractivity contribution in [2.75, 3.05) is 24.6 Å². The standard InChI is InChI=1S/C11H13BrF2N2O3S.ClH/c12-9-6-1-11(13,14)4-16(2-5(15)3-17)7(6)8(20-9)10(18)19;/h5,17H,1-4,15H2,(H,18,19);1H/t5-;/m0./s1. The molecule has 0 spiro atoms. The van der Waals surface area contributed by atoms with Crippen LogP contribution in [0, 0.1) is 0 Å². The van der Waals surface area contributed by atoms with Crippen molar-refractivity contribution in [2.24, 2.45) is 5.73 Å². The van der Waals surface area contributed by atoms with E-state index in [1.165, 1.54) is 4.90 Å². The molecule has 1 aromatic heterocycles. The summed E-state index contributed by atoms with van der Waals surface area (Å²) in [6.07, 6.45) is -0.502. The van der Waals surface area contributed by atoms with Crippen LogP contribution in [0.1, 0.15) is 15.2 Å². The fraction of sp³-hybridized carbons (Fsp3) is 0.545. The molecule has 10 heteroatoms. The molecule has 0 saturated heterocycles. The first-order valence-corrected chi connectivity index (χ1v) is 7.40. The third-order valence-corrected chi connectivity index (χ3v) is 4.95. The molecule has 0 fully saturated rings. The van der Waals surface area contributed by atoms with E-state index in [9.17, 15) is 18.7 Å². The van der Waals surface area contributed by atoms with Crippen LogP contribution in [0.15, 0.2) is 3.79 Å². The number of carboxylic acids is 1. The summed E-state index contributed by atoms with van der Waals surface area (Å²) in [7, 11) is 0. The van der Waals surface area contributed by atoms with Crippen molar-refractivity contribution < 1.29 is 23.8 Å². The molecule has 1 atom stereocenters. The highest BCUT2D eigenvalue weighted by atomic mass is 79.9. The number of halogens is 4. The average molecular weight is 408 g/mol. The lowest BCUT2D eigenvalue weighted by Crippen LogP contribution is -2.49. The van der Waals surface area contributed by atoms with Crippen molar-refractivity contribution in [3.05, 3.63) is 14.2 Å². The third-order valence-electron chi connectivity index (χ3n) is 2.99. The van der Waals surface area contributed by atoms with Crippen LogP contribution in [0.2, 0.25) is 0 Å². The molecule has 0 unspecified atom stereocenters. The molecule has 5 nitrogen and oxygen atoms in total. The molecule has 21 heavy (non-hydrogen) atoms. The van der Waals surface area contributed by atoms with Crippen molar-refractivity contribution in [2.45, 2.75) is 18.4 Å². The molecule has 120 valence electrons. The molecule has 0 aliphatic carbocycles. The zero-order chi connectivity index (χ0) is 15.1. The quantitative estimate of drug-likeness (QED) is 0.710. The van der Waals surface area contributed by atoms with E-state index in [1.54, 1.807) is 0 Å². The summed E-state index contributed by atoms with van der Waals surface area (Å²) in [6, 6.07) is -0.711. The van der Waals surface area contributed by atoms with Gasteiger partial charge in [0.25, 0.3) is 5.92 Å². The van der Waals surface area contributed by atoms with Gasteiger partial charge in [-0.2, -0.15) is 0 Å². The zero-order valence-electron chi connectivity index (χ0n) is 10.7. The van der Waals surface area contributed by atoms with Gasteiger partial charge < -0.3 is 20.8 Å². The second-order valence-electron chi connectivity index (χ2n) is 4.69. The summed E-state index contributed by atoms with van der Waals surface area (Å²) in [5.74, 6) is -4.12. The topological polar surface area (TPSA) is 86.8 Å². The fourth-order valence-corrected chi connectivity index (χ4v) is 3.95. The van der Waals surface area contributed by atoms with Crippen LogP contribution in [0.25, 0.3) is 0 Å². The minimum absolute atomic E-state index is 0. The van der Waals surface area contributed by atoms with E-state index >= 15 is 0 Å². The number of carbonyl (C=O) groups is 1. The highest BCUT2D eigenvalue weighted by Crippen LogP contribution is 2.46. The summed E-state index contributed by atoms with van der Waals surface area (Å²) < 4.78 is 27.9. The van der Waals surface area contributed by atoms with E-state index in [2.05, 4.69) is 15.9 Å². The van der Waals surface area contributed by atoms with Gasteiger partial charge in [-0.3, -0.25) is 0 Å². The zero-order valence-corrected chi connectivity index (χ0v) is 13.9. The molecule has 4 N–H and O–H groups in total. The number of hydrogen-bond donors (Lipinski definition) is 3. The van der Waals surface area contributed by atoms with Gasteiger partial charge in [0.05, 0.1) is 22.6 Å². The van der Waals surface area contributed by atoms with Crippen molar-refractivity contribution in [3.8, 4) is 0 Å². The first kappa shape index (κ1) is 18.6. The summed E-state index contributed by atoms with van der Waals surface area (Å²) >= 11 is 4.06. The summed E-state index contributed by atoms with van der Waals surface area (Å²) in [5, 5.41) is 18.2. The first-order valence-electron chi connectivity index (χ1n) is 5.79. The normalized spacial score (nSPS) is 17.9. The van der Waals surface area contributed by atoms with Gasteiger partial charge in [-0.05, 0) is 15.9 Å². The van der Waals surface area contributed by atoms with Crippen LogP contribution in [-0.4, -0.2) is 47.8 Å². The number of anilines is 1. The van der Waals surface area contributed by atoms with Crippen molar-refractivity contribution >= 4 is 51.3 Å². The Morgan fingerprint density at radius 1 is 1.57 bits per heavy atom. The monoisotopic (exact) mass is 406 g/mol. The Morgan fingerprint density at radius 3 is 2.71 bits per heavy atom. The van der Waals surface area contributed by atoms with Crippen molar-refractivity contribution in [3.63, 3.8) is 0 Å². The molecular formula is C11H14BrClF2N2O3S. The molecular weight excluding hydrogens is 394 g/mol. The summed E-state index contributed by atoms with van der Waals surface area (Å²) in [6.45, 7) is -0.981. The Morgan fingerprint density at radius 2 is 2.19 bits per heavy atom. The molecule has 1 aromatic rings. The lowest BCUT2D eigenvalue weighted by atomic mass is 10.0. The average Bonchev–Trinajstić information content (AvgIpc) is 2.65. The van der Waals surface area contributed by atoms with Gasteiger partial charge in [-0.15, -0.1) is 23.7 Å². The smallest absolute Gasteiger partial charge is 0.348 e. The minimum atomic E-state index is -2.96. The van der Waals surface area contributed by atoms with Gasteiger partial charge in [-0.1, -0.05) is 0 Å². The second-order valence-corrected chi connectivity index (χ2v) is 7.03. The maximum Gasteiger partial charge on any atom is 0.348 e. The highest BCUT2D eigenvalue weighted by molar-refractivity contribution is 9.11. The van der Waals surface area contributed by atoms with Crippen LogP contribution in [0.3, 0.4) is 0 Å². The van der Waals surface area contributed by atoms with Gasteiger partial charge in [0, 0.05) is 24.6 Å². The van der Waals surface area contributed by atoms with E-state index in [-0.39, 0.29) is 41.7 Å². The Bertz CT molecular complexity index is 544. The van der Waals surface area contributed by atoms with Crippen LogP contribution < -0.4 is 10.6 Å². The number of rotatable bonds is 4. The highest BCUT2D eigenvalue weighted by Gasteiger charge is 2.42. The Kier molecular flexibility index (Phi) is 5.96. The predicted octanol–water partition coefficient (Wildman–Crippen LogP) is 1.95. The molecule has 2 heterocycles. The molecule has 0 amide bonds. The summed E-state index contributed by atoms with van der Waals surface area (Å²) in [5.41, 5.74) is 6.16. The van der Waals surface area contributed by atoms with E-state index in [0.717, 1.165) is 11.3 Å². The number of aliphatic hydroxyl groups is 1. The molecule has 0 saturated carbocycles. The summed E-state index contributed by atoms with van der Waals surface area (Å²) in [4.78, 5) is 12.5. The maximum absolute atomic E-state index is 13.8. The number of nitrogens with two attached hydrogens (primary N) is 1. The Labute approximate surface area is 138 Å². The fourth-order valence-electron chi connectivity index (χ4n) is 2.23. The predicted molar refractivity (Wildman–Crippen MR) is 82.2 cm³/mol. The number of nitrogens with zero attached hydrogens (tertiary/aromatic N) is 1. The first-order chi connectivity index (χ1) is 9.25.